The minimum absolute atomic E-state index is 0.149. The van der Waals surface area contributed by atoms with Crippen LogP contribution in [-0.2, 0) is 6.42 Å². The number of para-hydroxylation sites is 1. The van der Waals surface area contributed by atoms with Crippen molar-refractivity contribution in [2.75, 3.05) is 13.7 Å². The highest BCUT2D eigenvalue weighted by molar-refractivity contribution is 7.13. The van der Waals surface area contributed by atoms with Crippen molar-refractivity contribution < 1.29 is 9.47 Å². The first-order valence-corrected chi connectivity index (χ1v) is 8.39. The second-order valence-corrected chi connectivity index (χ2v) is 6.55. The highest BCUT2D eigenvalue weighted by Gasteiger charge is 2.25. The van der Waals surface area contributed by atoms with Gasteiger partial charge in [-0.2, -0.15) is 0 Å². The van der Waals surface area contributed by atoms with Crippen molar-refractivity contribution >= 4 is 11.3 Å². The molecule has 0 amide bonds. The zero-order valence-corrected chi connectivity index (χ0v) is 13.8. The standard InChI is InChI=1S/C17H17N3O2S/c1-11-6-7-23-17(11)14-9-20(19-18-14)13-8-12-4-3-5-15(21-2)16(12)22-10-13/h3-7,9,13H,8,10H2,1-2H3/t13-/m0/s1. The topological polar surface area (TPSA) is 49.2 Å². The molecule has 1 aromatic carbocycles. The maximum Gasteiger partial charge on any atom is 0.164 e. The highest BCUT2D eigenvalue weighted by Crippen LogP contribution is 2.37. The summed E-state index contributed by atoms with van der Waals surface area (Å²) in [6.07, 6.45) is 2.87. The Morgan fingerprint density at radius 2 is 2.26 bits per heavy atom. The van der Waals surface area contributed by atoms with Gasteiger partial charge in [0.25, 0.3) is 0 Å². The zero-order chi connectivity index (χ0) is 15.8. The Bertz CT molecular complexity index is 840. The predicted octanol–water partition coefficient (Wildman–Crippen LogP) is 3.50. The molecule has 2 aromatic heterocycles. The number of hydrogen-bond donors (Lipinski definition) is 0. The first-order chi connectivity index (χ1) is 11.3. The van der Waals surface area contributed by atoms with Crippen LogP contribution < -0.4 is 9.47 Å². The molecule has 1 aliphatic rings. The summed E-state index contributed by atoms with van der Waals surface area (Å²) in [4.78, 5) is 1.18. The summed E-state index contributed by atoms with van der Waals surface area (Å²) in [7, 11) is 1.66. The number of nitrogens with zero attached hydrogens (tertiary/aromatic N) is 3. The Balaban J connectivity index is 1.61. The molecular formula is C17H17N3O2S. The average molecular weight is 327 g/mol. The molecule has 118 valence electrons. The normalized spacial score (nSPS) is 16.7. The van der Waals surface area contributed by atoms with E-state index in [-0.39, 0.29) is 6.04 Å². The number of ether oxygens (including phenoxy) is 2. The maximum absolute atomic E-state index is 5.93. The monoisotopic (exact) mass is 327 g/mol. The van der Waals surface area contributed by atoms with E-state index in [0.29, 0.717) is 6.61 Å². The summed E-state index contributed by atoms with van der Waals surface area (Å²) in [6, 6.07) is 8.24. The van der Waals surface area contributed by atoms with Crippen LogP contribution in [0.4, 0.5) is 0 Å². The molecule has 6 heteroatoms. The summed E-state index contributed by atoms with van der Waals surface area (Å²) in [6.45, 7) is 2.66. The second kappa shape index (κ2) is 5.70. The van der Waals surface area contributed by atoms with Gasteiger partial charge in [-0.3, -0.25) is 0 Å². The SMILES string of the molecule is COc1cccc2c1OC[C@@H](n1cc(-c3sccc3C)nn1)C2. The lowest BCUT2D eigenvalue weighted by molar-refractivity contribution is 0.203. The molecule has 0 aliphatic carbocycles. The third-order valence-corrected chi connectivity index (χ3v) is 5.17. The fourth-order valence-corrected chi connectivity index (χ4v) is 3.78. The summed E-state index contributed by atoms with van der Waals surface area (Å²) < 4.78 is 13.2. The van der Waals surface area contributed by atoms with Gasteiger partial charge >= 0.3 is 0 Å². The van der Waals surface area contributed by atoms with Gasteiger partial charge in [0.05, 0.1) is 24.2 Å². The van der Waals surface area contributed by atoms with E-state index in [1.807, 2.05) is 23.0 Å². The molecule has 4 rings (SSSR count). The van der Waals surface area contributed by atoms with E-state index < -0.39 is 0 Å². The summed E-state index contributed by atoms with van der Waals surface area (Å²) in [5, 5.41) is 10.7. The van der Waals surface area contributed by atoms with Crippen LogP contribution >= 0.6 is 11.3 Å². The highest BCUT2D eigenvalue weighted by atomic mass is 32.1. The molecular weight excluding hydrogens is 310 g/mol. The number of hydrogen-bond acceptors (Lipinski definition) is 5. The Kier molecular flexibility index (Phi) is 3.53. The molecule has 1 atom stereocenters. The zero-order valence-electron chi connectivity index (χ0n) is 13.0. The van der Waals surface area contributed by atoms with Crippen molar-refractivity contribution in [2.24, 2.45) is 0 Å². The first kappa shape index (κ1) is 14.3. The van der Waals surface area contributed by atoms with Crippen LogP contribution in [0.5, 0.6) is 11.5 Å². The molecule has 0 bridgehead atoms. The molecule has 0 spiro atoms. The molecule has 0 N–H and O–H groups in total. The summed E-state index contributed by atoms with van der Waals surface area (Å²) >= 11 is 1.69. The van der Waals surface area contributed by atoms with Crippen LogP contribution in [0.2, 0.25) is 0 Å². The van der Waals surface area contributed by atoms with Crippen molar-refractivity contribution in [3.8, 4) is 22.1 Å². The third kappa shape index (κ3) is 2.49. The van der Waals surface area contributed by atoms with Gasteiger partial charge in [-0.15, -0.1) is 16.4 Å². The molecule has 1 aliphatic heterocycles. The van der Waals surface area contributed by atoms with Crippen LogP contribution in [0.1, 0.15) is 17.2 Å². The van der Waals surface area contributed by atoms with Gasteiger partial charge in [0, 0.05) is 12.0 Å². The molecule has 0 radical (unpaired) electrons. The second-order valence-electron chi connectivity index (χ2n) is 5.63. The lowest BCUT2D eigenvalue weighted by atomic mass is 10.0. The quantitative estimate of drug-likeness (QED) is 0.739. The summed E-state index contributed by atoms with van der Waals surface area (Å²) in [5.41, 5.74) is 3.30. The van der Waals surface area contributed by atoms with E-state index in [1.54, 1.807) is 18.4 Å². The minimum atomic E-state index is 0.149. The average Bonchev–Trinajstić information content (AvgIpc) is 3.22. The lowest BCUT2D eigenvalue weighted by Gasteiger charge is -2.26. The molecule has 0 fully saturated rings. The largest absolute Gasteiger partial charge is 0.493 e. The Hall–Kier alpha value is -2.34. The van der Waals surface area contributed by atoms with Crippen LogP contribution in [0.25, 0.3) is 10.6 Å². The number of thiophene rings is 1. The predicted molar refractivity (Wildman–Crippen MR) is 89.3 cm³/mol. The van der Waals surface area contributed by atoms with Crippen LogP contribution in [0.3, 0.4) is 0 Å². The van der Waals surface area contributed by atoms with Crippen LogP contribution in [-0.4, -0.2) is 28.7 Å². The lowest BCUT2D eigenvalue weighted by Crippen LogP contribution is -2.25. The van der Waals surface area contributed by atoms with Crippen molar-refractivity contribution in [2.45, 2.75) is 19.4 Å². The van der Waals surface area contributed by atoms with Crippen LogP contribution in [0.15, 0.2) is 35.8 Å². The number of rotatable bonds is 3. The van der Waals surface area contributed by atoms with E-state index in [0.717, 1.165) is 29.2 Å². The van der Waals surface area contributed by atoms with E-state index in [1.165, 1.54) is 10.4 Å². The van der Waals surface area contributed by atoms with Crippen molar-refractivity contribution in [3.63, 3.8) is 0 Å². The van der Waals surface area contributed by atoms with E-state index in [9.17, 15) is 0 Å². The Morgan fingerprint density at radius 1 is 1.35 bits per heavy atom. The minimum Gasteiger partial charge on any atom is -0.493 e. The smallest absolute Gasteiger partial charge is 0.164 e. The number of aryl methyl sites for hydroxylation is 1. The van der Waals surface area contributed by atoms with E-state index in [2.05, 4.69) is 34.7 Å². The molecule has 3 aromatic rings. The van der Waals surface area contributed by atoms with E-state index >= 15 is 0 Å². The van der Waals surface area contributed by atoms with Crippen molar-refractivity contribution in [1.82, 2.24) is 15.0 Å². The molecule has 0 saturated carbocycles. The maximum atomic E-state index is 5.93. The summed E-state index contributed by atoms with van der Waals surface area (Å²) in [5.74, 6) is 1.63. The Labute approximate surface area is 138 Å². The fraction of sp³-hybridized carbons (Fsp3) is 0.294. The molecule has 0 saturated heterocycles. The molecule has 5 nitrogen and oxygen atoms in total. The van der Waals surface area contributed by atoms with Crippen LogP contribution in [0, 0.1) is 6.92 Å². The molecule has 3 heterocycles. The van der Waals surface area contributed by atoms with Gasteiger partial charge in [-0.05, 0) is 30.0 Å². The third-order valence-electron chi connectivity index (χ3n) is 4.14. The van der Waals surface area contributed by atoms with Crippen molar-refractivity contribution in [1.29, 1.82) is 0 Å². The van der Waals surface area contributed by atoms with Gasteiger partial charge in [0.15, 0.2) is 11.5 Å². The van der Waals surface area contributed by atoms with E-state index in [4.69, 9.17) is 9.47 Å². The Morgan fingerprint density at radius 3 is 3.04 bits per heavy atom. The number of methoxy groups -OCH3 is 1. The van der Waals surface area contributed by atoms with Gasteiger partial charge < -0.3 is 9.47 Å². The number of fused-ring (bicyclic) bond motifs is 1. The first-order valence-electron chi connectivity index (χ1n) is 7.51. The fourth-order valence-electron chi connectivity index (χ4n) is 2.90. The van der Waals surface area contributed by atoms with Gasteiger partial charge in [-0.25, -0.2) is 4.68 Å². The van der Waals surface area contributed by atoms with Gasteiger partial charge in [0.2, 0.25) is 0 Å². The van der Waals surface area contributed by atoms with Gasteiger partial charge in [-0.1, -0.05) is 17.3 Å². The van der Waals surface area contributed by atoms with Gasteiger partial charge in [0.1, 0.15) is 12.3 Å². The number of aromatic nitrogens is 3. The van der Waals surface area contributed by atoms with Crippen molar-refractivity contribution in [3.05, 3.63) is 47.0 Å². The molecule has 0 unspecified atom stereocenters. The number of benzene rings is 1. The molecule has 23 heavy (non-hydrogen) atoms.